The van der Waals surface area contributed by atoms with Crippen molar-refractivity contribution in [3.8, 4) is 5.19 Å². The maximum absolute atomic E-state index is 6.07. The number of hydrogen-bond donors (Lipinski definition) is 0. The highest BCUT2D eigenvalue weighted by atomic mass is 35.5. The Labute approximate surface area is 114 Å². The Balaban J connectivity index is 1.79. The van der Waals surface area contributed by atoms with Crippen LogP contribution in [-0.4, -0.2) is 4.98 Å². The number of ether oxygens (including phenoxy) is 1. The second-order valence-electron chi connectivity index (χ2n) is 3.83. The molecule has 18 heavy (non-hydrogen) atoms. The van der Waals surface area contributed by atoms with Crippen LogP contribution >= 0.6 is 22.9 Å². The monoisotopic (exact) mass is 275 g/mol. The summed E-state index contributed by atoms with van der Waals surface area (Å²) in [6, 6.07) is 15.7. The van der Waals surface area contributed by atoms with Gasteiger partial charge in [0.2, 0.25) is 0 Å². The molecule has 0 N–H and O–H groups in total. The van der Waals surface area contributed by atoms with Gasteiger partial charge in [0, 0.05) is 10.6 Å². The van der Waals surface area contributed by atoms with Gasteiger partial charge < -0.3 is 4.74 Å². The van der Waals surface area contributed by atoms with E-state index in [0.717, 1.165) is 20.8 Å². The number of rotatable bonds is 3. The van der Waals surface area contributed by atoms with Gasteiger partial charge in [-0.1, -0.05) is 53.3 Å². The average molecular weight is 276 g/mol. The molecular weight excluding hydrogens is 266 g/mol. The molecule has 1 heterocycles. The SMILES string of the molecule is Clc1ccccc1COc1nc2ccccc2s1. The van der Waals surface area contributed by atoms with Crippen molar-refractivity contribution >= 4 is 33.2 Å². The molecule has 0 fully saturated rings. The van der Waals surface area contributed by atoms with E-state index in [1.165, 1.54) is 0 Å². The third-order valence-electron chi connectivity index (χ3n) is 2.58. The fraction of sp³-hybridized carbons (Fsp3) is 0.0714. The quantitative estimate of drug-likeness (QED) is 0.701. The molecule has 3 rings (SSSR count). The van der Waals surface area contributed by atoms with Gasteiger partial charge in [-0.2, -0.15) is 0 Å². The van der Waals surface area contributed by atoms with Gasteiger partial charge in [-0.15, -0.1) is 0 Å². The molecule has 3 aromatic rings. The number of aromatic nitrogens is 1. The number of para-hydroxylation sites is 1. The zero-order valence-corrected chi connectivity index (χ0v) is 11.0. The van der Waals surface area contributed by atoms with Gasteiger partial charge in [0.25, 0.3) is 5.19 Å². The highest BCUT2D eigenvalue weighted by Crippen LogP contribution is 2.28. The van der Waals surface area contributed by atoms with Crippen LogP contribution in [-0.2, 0) is 6.61 Å². The van der Waals surface area contributed by atoms with E-state index in [0.29, 0.717) is 11.8 Å². The van der Waals surface area contributed by atoms with E-state index < -0.39 is 0 Å². The Morgan fingerprint density at radius 3 is 2.67 bits per heavy atom. The molecule has 0 amide bonds. The van der Waals surface area contributed by atoms with Crippen LogP contribution in [0.3, 0.4) is 0 Å². The van der Waals surface area contributed by atoms with Crippen LogP contribution in [0.4, 0.5) is 0 Å². The van der Waals surface area contributed by atoms with Gasteiger partial charge in [0.05, 0.1) is 10.2 Å². The topological polar surface area (TPSA) is 22.1 Å². The summed E-state index contributed by atoms with van der Waals surface area (Å²) in [6.07, 6.45) is 0. The second-order valence-corrected chi connectivity index (χ2v) is 5.23. The van der Waals surface area contributed by atoms with Crippen molar-refractivity contribution in [3.63, 3.8) is 0 Å². The number of benzene rings is 2. The maximum Gasteiger partial charge on any atom is 0.274 e. The van der Waals surface area contributed by atoms with E-state index in [9.17, 15) is 0 Å². The predicted octanol–water partition coefficient (Wildman–Crippen LogP) is 4.53. The molecule has 2 nitrogen and oxygen atoms in total. The molecule has 0 atom stereocenters. The van der Waals surface area contributed by atoms with Gasteiger partial charge in [-0.05, 0) is 18.2 Å². The number of fused-ring (bicyclic) bond motifs is 1. The van der Waals surface area contributed by atoms with Crippen molar-refractivity contribution in [1.29, 1.82) is 0 Å². The summed E-state index contributed by atoms with van der Waals surface area (Å²) in [7, 11) is 0. The second kappa shape index (κ2) is 4.96. The molecule has 0 aliphatic rings. The Bertz CT molecular complexity index is 647. The minimum Gasteiger partial charge on any atom is -0.465 e. The Kier molecular flexibility index (Phi) is 3.17. The van der Waals surface area contributed by atoms with Crippen molar-refractivity contribution in [1.82, 2.24) is 4.98 Å². The first-order valence-corrected chi connectivity index (χ1v) is 6.74. The molecule has 0 aliphatic carbocycles. The molecule has 90 valence electrons. The molecule has 2 aromatic carbocycles. The molecular formula is C14H10ClNOS. The minimum atomic E-state index is 0.444. The molecule has 0 radical (unpaired) electrons. The van der Waals surface area contributed by atoms with Crippen molar-refractivity contribution in [2.45, 2.75) is 6.61 Å². The molecule has 0 bridgehead atoms. The molecule has 0 spiro atoms. The number of thiazole rings is 1. The van der Waals surface area contributed by atoms with Crippen LogP contribution in [0.25, 0.3) is 10.2 Å². The summed E-state index contributed by atoms with van der Waals surface area (Å²) in [6.45, 7) is 0.444. The number of nitrogens with zero attached hydrogens (tertiary/aromatic N) is 1. The van der Waals surface area contributed by atoms with Gasteiger partial charge in [0.1, 0.15) is 6.61 Å². The van der Waals surface area contributed by atoms with Crippen LogP contribution in [0, 0.1) is 0 Å². The van der Waals surface area contributed by atoms with E-state index in [1.54, 1.807) is 11.3 Å². The lowest BCUT2D eigenvalue weighted by Gasteiger charge is -2.03. The summed E-state index contributed by atoms with van der Waals surface area (Å²) in [5.41, 5.74) is 1.94. The normalized spacial score (nSPS) is 10.7. The molecule has 4 heteroatoms. The predicted molar refractivity (Wildman–Crippen MR) is 75.4 cm³/mol. The highest BCUT2D eigenvalue weighted by molar-refractivity contribution is 7.20. The lowest BCUT2D eigenvalue weighted by molar-refractivity contribution is 0.305. The summed E-state index contributed by atoms with van der Waals surface area (Å²) in [4.78, 5) is 4.41. The zero-order valence-electron chi connectivity index (χ0n) is 9.47. The van der Waals surface area contributed by atoms with Gasteiger partial charge in [0.15, 0.2) is 0 Å². The first kappa shape index (κ1) is 11.5. The summed E-state index contributed by atoms with van der Waals surface area (Å²) < 4.78 is 6.81. The summed E-state index contributed by atoms with van der Waals surface area (Å²) >= 11 is 7.62. The maximum atomic E-state index is 6.07. The lowest BCUT2D eigenvalue weighted by atomic mass is 10.2. The smallest absolute Gasteiger partial charge is 0.274 e. The highest BCUT2D eigenvalue weighted by Gasteiger charge is 2.05. The lowest BCUT2D eigenvalue weighted by Crippen LogP contribution is -1.95. The van der Waals surface area contributed by atoms with Crippen LogP contribution in [0.1, 0.15) is 5.56 Å². The largest absolute Gasteiger partial charge is 0.465 e. The van der Waals surface area contributed by atoms with Crippen molar-refractivity contribution in [2.24, 2.45) is 0 Å². The van der Waals surface area contributed by atoms with Crippen molar-refractivity contribution in [2.75, 3.05) is 0 Å². The number of hydrogen-bond acceptors (Lipinski definition) is 3. The standard InChI is InChI=1S/C14H10ClNOS/c15-11-6-2-1-5-10(11)9-17-14-16-12-7-3-4-8-13(12)18-14/h1-8H,9H2. The van der Waals surface area contributed by atoms with Crippen molar-refractivity contribution < 1.29 is 4.74 Å². The fourth-order valence-corrected chi connectivity index (χ4v) is 2.67. The fourth-order valence-electron chi connectivity index (χ4n) is 1.67. The van der Waals surface area contributed by atoms with E-state index in [1.807, 2.05) is 48.5 Å². The van der Waals surface area contributed by atoms with Gasteiger partial charge >= 0.3 is 0 Å². The van der Waals surface area contributed by atoms with Crippen LogP contribution in [0.15, 0.2) is 48.5 Å². The third kappa shape index (κ3) is 2.33. The first-order valence-electron chi connectivity index (χ1n) is 5.55. The number of halogens is 1. The zero-order chi connectivity index (χ0) is 12.4. The molecule has 0 saturated heterocycles. The molecule has 0 unspecified atom stereocenters. The van der Waals surface area contributed by atoms with Crippen LogP contribution < -0.4 is 4.74 Å². The summed E-state index contributed by atoms with van der Waals surface area (Å²) in [5, 5.41) is 1.40. The van der Waals surface area contributed by atoms with Gasteiger partial charge in [-0.3, -0.25) is 0 Å². The van der Waals surface area contributed by atoms with E-state index in [-0.39, 0.29) is 0 Å². The van der Waals surface area contributed by atoms with E-state index in [2.05, 4.69) is 4.98 Å². The third-order valence-corrected chi connectivity index (χ3v) is 3.90. The average Bonchev–Trinajstić information content (AvgIpc) is 2.80. The van der Waals surface area contributed by atoms with E-state index in [4.69, 9.17) is 16.3 Å². The molecule has 0 saturated carbocycles. The summed E-state index contributed by atoms with van der Waals surface area (Å²) in [5.74, 6) is 0. The minimum absolute atomic E-state index is 0.444. The van der Waals surface area contributed by atoms with Crippen LogP contribution in [0.5, 0.6) is 5.19 Å². The molecule has 0 aliphatic heterocycles. The Morgan fingerprint density at radius 2 is 1.83 bits per heavy atom. The Morgan fingerprint density at radius 1 is 1.06 bits per heavy atom. The van der Waals surface area contributed by atoms with Crippen molar-refractivity contribution in [3.05, 3.63) is 59.1 Å². The first-order chi connectivity index (χ1) is 8.83. The van der Waals surface area contributed by atoms with Crippen LogP contribution in [0.2, 0.25) is 5.02 Å². The Hall–Kier alpha value is -1.58. The molecule has 1 aromatic heterocycles. The van der Waals surface area contributed by atoms with E-state index >= 15 is 0 Å². The van der Waals surface area contributed by atoms with Gasteiger partial charge in [-0.25, -0.2) is 4.98 Å².